The van der Waals surface area contributed by atoms with Gasteiger partial charge in [0.25, 0.3) is 0 Å². The minimum absolute atomic E-state index is 0.135. The number of aromatic nitrogens is 1. The molecule has 1 aromatic carbocycles. The van der Waals surface area contributed by atoms with Crippen LogP contribution in [-0.4, -0.2) is 10.1 Å². The van der Waals surface area contributed by atoms with Gasteiger partial charge in [-0.15, -0.1) is 0 Å². The first-order valence-corrected chi connectivity index (χ1v) is 7.53. The van der Waals surface area contributed by atoms with Crippen molar-refractivity contribution in [2.24, 2.45) is 0 Å². The van der Waals surface area contributed by atoms with Crippen molar-refractivity contribution in [1.82, 2.24) is 4.98 Å². The number of nitrogens with zero attached hydrogens (tertiary/aromatic N) is 1. The highest BCUT2D eigenvalue weighted by Crippen LogP contribution is 2.40. The third kappa shape index (κ3) is 2.50. The molecule has 0 amide bonds. The molecule has 0 spiro atoms. The van der Waals surface area contributed by atoms with E-state index in [9.17, 15) is 9.50 Å². The smallest absolute Gasteiger partial charge is 0.129 e. The summed E-state index contributed by atoms with van der Waals surface area (Å²) >= 11 is 3.33. The minimum Gasteiger partial charge on any atom is -0.388 e. The van der Waals surface area contributed by atoms with Crippen LogP contribution in [0.2, 0.25) is 0 Å². The van der Waals surface area contributed by atoms with Crippen molar-refractivity contribution in [2.75, 3.05) is 0 Å². The molecule has 1 N–H and O–H groups in total. The Labute approximate surface area is 125 Å². The van der Waals surface area contributed by atoms with E-state index < -0.39 is 6.10 Å². The summed E-state index contributed by atoms with van der Waals surface area (Å²) in [6.45, 7) is 0. The van der Waals surface area contributed by atoms with E-state index in [0.717, 1.165) is 29.4 Å². The number of aryl methyl sites for hydroxylation is 1. The fourth-order valence-electron chi connectivity index (χ4n) is 2.91. The molecule has 0 radical (unpaired) electrons. The average molecular weight is 336 g/mol. The van der Waals surface area contributed by atoms with E-state index >= 15 is 0 Å². The highest BCUT2D eigenvalue weighted by molar-refractivity contribution is 9.10. The Hall–Kier alpha value is -1.26. The molecule has 4 heteroatoms. The van der Waals surface area contributed by atoms with Gasteiger partial charge in [-0.1, -0.05) is 22.0 Å². The number of halogens is 2. The predicted octanol–water partition coefficient (Wildman–Crippen LogP) is 4.14. The van der Waals surface area contributed by atoms with E-state index in [4.69, 9.17) is 0 Å². The predicted molar refractivity (Wildman–Crippen MR) is 79.0 cm³/mol. The van der Waals surface area contributed by atoms with Gasteiger partial charge < -0.3 is 5.11 Å². The summed E-state index contributed by atoms with van der Waals surface area (Å²) in [5.74, 6) is -0.507. The lowest BCUT2D eigenvalue weighted by Gasteiger charge is -2.28. The molecule has 0 saturated heterocycles. The fourth-order valence-corrected chi connectivity index (χ4v) is 3.29. The molecule has 0 aliphatic heterocycles. The van der Waals surface area contributed by atoms with Crippen molar-refractivity contribution >= 4 is 15.9 Å². The molecule has 104 valence electrons. The maximum Gasteiger partial charge on any atom is 0.129 e. The lowest BCUT2D eigenvalue weighted by molar-refractivity contribution is 0.130. The number of fused-ring (bicyclic) bond motifs is 1. The van der Waals surface area contributed by atoms with Gasteiger partial charge >= 0.3 is 0 Å². The lowest BCUT2D eigenvalue weighted by Crippen LogP contribution is -2.19. The molecule has 3 rings (SSSR count). The zero-order chi connectivity index (χ0) is 14.1. The van der Waals surface area contributed by atoms with Crippen LogP contribution in [0.4, 0.5) is 4.39 Å². The summed E-state index contributed by atoms with van der Waals surface area (Å²) < 4.78 is 14.7. The van der Waals surface area contributed by atoms with Crippen LogP contribution in [0, 0.1) is 5.82 Å². The van der Waals surface area contributed by atoms with E-state index in [0.29, 0.717) is 5.56 Å². The summed E-state index contributed by atoms with van der Waals surface area (Å²) in [6, 6.07) is 8.62. The number of aliphatic hydroxyl groups excluding tert-OH is 1. The SMILES string of the molecule is OC(c1cc(Br)ccc1F)C1CCCc2cccnc21. The molecule has 0 saturated carbocycles. The normalized spacial score (nSPS) is 19.4. The van der Waals surface area contributed by atoms with E-state index in [-0.39, 0.29) is 11.7 Å². The Bertz CT molecular complexity index is 632. The van der Waals surface area contributed by atoms with Crippen LogP contribution in [0.25, 0.3) is 0 Å². The van der Waals surface area contributed by atoms with E-state index in [1.807, 2.05) is 12.1 Å². The first-order valence-electron chi connectivity index (χ1n) is 6.73. The monoisotopic (exact) mass is 335 g/mol. The van der Waals surface area contributed by atoms with Gasteiger partial charge in [0, 0.05) is 27.8 Å². The second-order valence-electron chi connectivity index (χ2n) is 5.16. The number of rotatable bonds is 2. The van der Waals surface area contributed by atoms with E-state index in [2.05, 4.69) is 20.9 Å². The topological polar surface area (TPSA) is 33.1 Å². The third-order valence-electron chi connectivity index (χ3n) is 3.90. The third-order valence-corrected chi connectivity index (χ3v) is 4.39. The van der Waals surface area contributed by atoms with Crippen LogP contribution >= 0.6 is 15.9 Å². The van der Waals surface area contributed by atoms with Crippen LogP contribution in [-0.2, 0) is 6.42 Å². The first-order chi connectivity index (χ1) is 9.66. The summed E-state index contributed by atoms with van der Waals surface area (Å²) in [7, 11) is 0. The Kier molecular flexibility index (Phi) is 3.85. The van der Waals surface area contributed by atoms with Gasteiger partial charge in [-0.2, -0.15) is 0 Å². The number of benzene rings is 1. The quantitative estimate of drug-likeness (QED) is 0.894. The highest BCUT2D eigenvalue weighted by Gasteiger charge is 2.30. The number of aliphatic hydroxyl groups is 1. The second kappa shape index (κ2) is 5.62. The Balaban J connectivity index is 1.99. The van der Waals surface area contributed by atoms with Crippen molar-refractivity contribution in [3.8, 4) is 0 Å². The van der Waals surface area contributed by atoms with Crippen LogP contribution in [0.3, 0.4) is 0 Å². The standard InChI is InChI=1S/C16H15BrFNO/c17-11-6-7-14(18)13(9-11)16(20)12-5-1-3-10-4-2-8-19-15(10)12/h2,4,6-9,12,16,20H,1,3,5H2. The molecule has 2 nitrogen and oxygen atoms in total. The molecule has 1 aliphatic carbocycles. The van der Waals surface area contributed by atoms with Gasteiger partial charge in [-0.05, 0) is 49.1 Å². The molecule has 1 aromatic heterocycles. The van der Waals surface area contributed by atoms with Gasteiger partial charge in [0.1, 0.15) is 5.82 Å². The van der Waals surface area contributed by atoms with Gasteiger partial charge in [0.05, 0.1) is 6.10 Å². The highest BCUT2D eigenvalue weighted by atomic mass is 79.9. The van der Waals surface area contributed by atoms with Gasteiger partial charge in [-0.25, -0.2) is 4.39 Å². The Morgan fingerprint density at radius 2 is 2.20 bits per heavy atom. The summed E-state index contributed by atoms with van der Waals surface area (Å²) in [6.07, 6.45) is 3.68. The number of pyridine rings is 1. The van der Waals surface area contributed by atoms with E-state index in [1.165, 1.54) is 11.6 Å². The molecular weight excluding hydrogens is 321 g/mol. The van der Waals surface area contributed by atoms with Crippen molar-refractivity contribution in [1.29, 1.82) is 0 Å². The van der Waals surface area contributed by atoms with Crippen LogP contribution in [0.1, 0.15) is 41.7 Å². The van der Waals surface area contributed by atoms with E-state index in [1.54, 1.807) is 18.3 Å². The average Bonchev–Trinajstić information content (AvgIpc) is 2.48. The van der Waals surface area contributed by atoms with Crippen LogP contribution < -0.4 is 0 Å². The molecule has 0 bridgehead atoms. The summed E-state index contributed by atoms with van der Waals surface area (Å²) in [4.78, 5) is 4.41. The van der Waals surface area contributed by atoms with Crippen LogP contribution in [0.5, 0.6) is 0 Å². The minimum atomic E-state index is -0.860. The lowest BCUT2D eigenvalue weighted by atomic mass is 9.81. The first kappa shape index (κ1) is 13.7. The molecule has 1 heterocycles. The molecule has 1 aliphatic rings. The van der Waals surface area contributed by atoms with Gasteiger partial charge in [0.15, 0.2) is 0 Å². The van der Waals surface area contributed by atoms with Crippen LogP contribution in [0.15, 0.2) is 41.0 Å². The van der Waals surface area contributed by atoms with Gasteiger partial charge in [-0.3, -0.25) is 4.98 Å². The molecule has 2 atom stereocenters. The largest absolute Gasteiger partial charge is 0.388 e. The molecular formula is C16H15BrFNO. The van der Waals surface area contributed by atoms with Crippen molar-refractivity contribution in [3.05, 3.63) is 63.6 Å². The summed E-state index contributed by atoms with van der Waals surface area (Å²) in [5, 5.41) is 10.6. The molecule has 0 fully saturated rings. The maximum absolute atomic E-state index is 13.9. The van der Waals surface area contributed by atoms with Crippen molar-refractivity contribution in [3.63, 3.8) is 0 Å². The Morgan fingerprint density at radius 3 is 3.05 bits per heavy atom. The molecule has 2 unspecified atom stereocenters. The Morgan fingerprint density at radius 1 is 1.35 bits per heavy atom. The second-order valence-corrected chi connectivity index (χ2v) is 6.07. The summed E-state index contributed by atoms with van der Waals surface area (Å²) in [5.41, 5.74) is 2.41. The number of hydrogen-bond donors (Lipinski definition) is 1. The zero-order valence-corrected chi connectivity index (χ0v) is 12.5. The van der Waals surface area contributed by atoms with Crippen molar-refractivity contribution in [2.45, 2.75) is 31.3 Å². The zero-order valence-electron chi connectivity index (χ0n) is 10.9. The van der Waals surface area contributed by atoms with Gasteiger partial charge in [0.2, 0.25) is 0 Å². The maximum atomic E-state index is 13.9. The van der Waals surface area contributed by atoms with Crippen molar-refractivity contribution < 1.29 is 9.50 Å². The number of hydrogen-bond acceptors (Lipinski definition) is 2. The molecule has 20 heavy (non-hydrogen) atoms. The fraction of sp³-hybridized carbons (Fsp3) is 0.312. The molecule has 2 aromatic rings.